The van der Waals surface area contributed by atoms with Gasteiger partial charge in [-0.3, -0.25) is 10.00 Å². The average molecular weight is 347 g/mol. The number of amides is 2. The molecule has 1 aliphatic rings. The monoisotopic (exact) mass is 347 g/mol. The van der Waals surface area contributed by atoms with Gasteiger partial charge >= 0.3 is 6.03 Å². The van der Waals surface area contributed by atoms with Crippen molar-refractivity contribution < 1.29 is 14.1 Å². The van der Waals surface area contributed by atoms with Gasteiger partial charge in [-0.15, -0.1) is 0 Å². The third kappa shape index (κ3) is 4.01. The summed E-state index contributed by atoms with van der Waals surface area (Å²) in [7, 11) is 1.82. The van der Waals surface area contributed by atoms with Crippen molar-refractivity contribution in [3.05, 3.63) is 28.8 Å². The van der Waals surface area contributed by atoms with Gasteiger partial charge in [0.05, 0.1) is 18.0 Å². The number of aromatic nitrogens is 3. The number of hydrogen-bond acceptors (Lipinski definition) is 5. The lowest BCUT2D eigenvalue weighted by atomic mass is 9.99. The van der Waals surface area contributed by atoms with Crippen LogP contribution in [-0.4, -0.2) is 34.2 Å². The van der Waals surface area contributed by atoms with Crippen LogP contribution >= 0.6 is 0 Å². The number of nitrogens with one attached hydrogen (secondary N) is 2. The molecule has 136 valence electrons. The van der Waals surface area contributed by atoms with E-state index >= 15 is 0 Å². The maximum atomic E-state index is 12.2. The van der Waals surface area contributed by atoms with Crippen molar-refractivity contribution in [1.82, 2.24) is 20.3 Å². The molecule has 8 nitrogen and oxygen atoms in total. The first kappa shape index (κ1) is 17.5. The summed E-state index contributed by atoms with van der Waals surface area (Å²) in [6.45, 7) is 5.76. The van der Waals surface area contributed by atoms with Gasteiger partial charge in [-0.2, -0.15) is 5.10 Å². The molecule has 1 atom stereocenters. The molecule has 2 amide bonds. The molecule has 2 N–H and O–H groups in total. The lowest BCUT2D eigenvalue weighted by molar-refractivity contribution is 0.0791. The van der Waals surface area contributed by atoms with E-state index < -0.39 is 0 Å². The molecule has 1 aliphatic heterocycles. The van der Waals surface area contributed by atoms with Crippen molar-refractivity contribution in [2.45, 2.75) is 45.6 Å². The SMILES string of the molecule is CCc1onc(C)c1CNC(=O)Nc1cc(C2CCCOC2)nn1C. The number of urea groups is 1. The summed E-state index contributed by atoms with van der Waals surface area (Å²) in [4.78, 5) is 12.2. The number of anilines is 1. The van der Waals surface area contributed by atoms with Gasteiger partial charge in [-0.25, -0.2) is 4.79 Å². The van der Waals surface area contributed by atoms with Gasteiger partial charge in [-0.1, -0.05) is 12.1 Å². The van der Waals surface area contributed by atoms with Crippen molar-refractivity contribution in [3.8, 4) is 0 Å². The molecule has 2 aromatic rings. The second-order valence-corrected chi connectivity index (χ2v) is 6.32. The van der Waals surface area contributed by atoms with Crippen LogP contribution in [0.5, 0.6) is 0 Å². The predicted molar refractivity (Wildman–Crippen MR) is 92.5 cm³/mol. The van der Waals surface area contributed by atoms with Crippen molar-refractivity contribution in [2.75, 3.05) is 18.5 Å². The van der Waals surface area contributed by atoms with E-state index in [1.54, 1.807) is 4.68 Å². The highest BCUT2D eigenvalue weighted by atomic mass is 16.5. The molecule has 25 heavy (non-hydrogen) atoms. The molecule has 3 rings (SSSR count). The molecule has 0 spiro atoms. The number of hydrogen-bond donors (Lipinski definition) is 2. The smallest absolute Gasteiger partial charge is 0.320 e. The molecule has 0 aliphatic carbocycles. The Morgan fingerprint density at radius 3 is 3.04 bits per heavy atom. The second-order valence-electron chi connectivity index (χ2n) is 6.32. The van der Waals surface area contributed by atoms with Crippen LogP contribution in [-0.2, 0) is 24.8 Å². The van der Waals surface area contributed by atoms with Crippen LogP contribution in [0, 0.1) is 6.92 Å². The first-order valence-electron chi connectivity index (χ1n) is 8.69. The second kappa shape index (κ2) is 7.69. The van der Waals surface area contributed by atoms with Crippen LogP contribution in [0.3, 0.4) is 0 Å². The van der Waals surface area contributed by atoms with Gasteiger partial charge in [-0.05, 0) is 19.8 Å². The number of rotatable bonds is 5. The van der Waals surface area contributed by atoms with Crippen molar-refractivity contribution in [1.29, 1.82) is 0 Å². The van der Waals surface area contributed by atoms with Crippen molar-refractivity contribution in [2.24, 2.45) is 7.05 Å². The number of carbonyl (C=O) groups is 1. The summed E-state index contributed by atoms with van der Waals surface area (Å²) in [5.74, 6) is 1.76. The van der Waals surface area contributed by atoms with Gasteiger partial charge in [0.1, 0.15) is 11.6 Å². The van der Waals surface area contributed by atoms with Gasteiger partial charge in [0.15, 0.2) is 0 Å². The molecule has 0 radical (unpaired) electrons. The highest BCUT2D eigenvalue weighted by Gasteiger charge is 2.20. The Kier molecular flexibility index (Phi) is 5.37. The molecule has 0 saturated carbocycles. The fraction of sp³-hybridized carbons (Fsp3) is 0.588. The van der Waals surface area contributed by atoms with Crippen LogP contribution in [0.25, 0.3) is 0 Å². The first-order chi connectivity index (χ1) is 12.1. The third-order valence-corrected chi connectivity index (χ3v) is 4.53. The van der Waals surface area contributed by atoms with E-state index in [2.05, 4.69) is 20.9 Å². The number of aryl methyl sites for hydroxylation is 3. The Hall–Kier alpha value is -2.35. The summed E-state index contributed by atoms with van der Waals surface area (Å²) in [6.07, 6.45) is 2.85. The van der Waals surface area contributed by atoms with Gasteiger partial charge in [0, 0.05) is 44.2 Å². The van der Waals surface area contributed by atoms with Crippen molar-refractivity contribution in [3.63, 3.8) is 0 Å². The van der Waals surface area contributed by atoms with E-state index in [1.165, 1.54) is 0 Å². The largest absolute Gasteiger partial charge is 0.381 e. The normalized spacial score (nSPS) is 17.5. The molecule has 0 bridgehead atoms. The minimum absolute atomic E-state index is 0.280. The van der Waals surface area contributed by atoms with E-state index in [0.29, 0.717) is 24.9 Å². The van der Waals surface area contributed by atoms with Gasteiger partial charge < -0.3 is 14.6 Å². The summed E-state index contributed by atoms with van der Waals surface area (Å²) < 4.78 is 12.4. The Morgan fingerprint density at radius 2 is 2.32 bits per heavy atom. The molecule has 1 unspecified atom stereocenters. The molecule has 1 fully saturated rings. The Balaban J connectivity index is 1.59. The van der Waals surface area contributed by atoms with Gasteiger partial charge in [0.25, 0.3) is 0 Å². The number of carbonyl (C=O) groups excluding carboxylic acids is 1. The highest BCUT2D eigenvalue weighted by Crippen LogP contribution is 2.26. The fourth-order valence-electron chi connectivity index (χ4n) is 3.05. The fourth-order valence-corrected chi connectivity index (χ4v) is 3.05. The topological polar surface area (TPSA) is 94.2 Å². The third-order valence-electron chi connectivity index (χ3n) is 4.53. The first-order valence-corrected chi connectivity index (χ1v) is 8.69. The summed E-state index contributed by atoms with van der Waals surface area (Å²) >= 11 is 0. The molecule has 0 aromatic carbocycles. The zero-order valence-electron chi connectivity index (χ0n) is 15.0. The molecule has 3 heterocycles. The van der Waals surface area contributed by atoms with E-state index in [4.69, 9.17) is 9.26 Å². The van der Waals surface area contributed by atoms with Crippen molar-refractivity contribution >= 4 is 11.8 Å². The van der Waals surface area contributed by atoms with E-state index in [1.807, 2.05) is 27.0 Å². The molecule has 8 heteroatoms. The maximum absolute atomic E-state index is 12.2. The van der Waals surface area contributed by atoms with E-state index in [-0.39, 0.29) is 6.03 Å². The lowest BCUT2D eigenvalue weighted by Gasteiger charge is -2.19. The van der Waals surface area contributed by atoms with Crippen LogP contribution in [0.15, 0.2) is 10.6 Å². The maximum Gasteiger partial charge on any atom is 0.320 e. The predicted octanol–water partition coefficient (Wildman–Crippen LogP) is 2.49. The average Bonchev–Trinajstić information content (AvgIpc) is 3.16. The van der Waals surface area contributed by atoms with Crippen LogP contribution in [0.1, 0.15) is 48.4 Å². The molecular formula is C17H25N5O3. The highest BCUT2D eigenvalue weighted by molar-refractivity contribution is 5.88. The Labute approximate surface area is 146 Å². The number of nitrogens with zero attached hydrogens (tertiary/aromatic N) is 3. The van der Waals surface area contributed by atoms with Crippen LogP contribution in [0.4, 0.5) is 10.6 Å². The Bertz CT molecular complexity index is 731. The van der Waals surface area contributed by atoms with Crippen LogP contribution in [0.2, 0.25) is 0 Å². The summed E-state index contributed by atoms with van der Waals surface area (Å²) in [5, 5.41) is 14.2. The quantitative estimate of drug-likeness (QED) is 0.866. The summed E-state index contributed by atoms with van der Waals surface area (Å²) in [5.41, 5.74) is 2.70. The van der Waals surface area contributed by atoms with E-state index in [0.717, 1.165) is 48.6 Å². The Morgan fingerprint density at radius 1 is 1.48 bits per heavy atom. The molecule has 1 saturated heterocycles. The lowest BCUT2D eigenvalue weighted by Crippen LogP contribution is -2.29. The molecular weight excluding hydrogens is 322 g/mol. The number of ether oxygens (including phenoxy) is 1. The standard InChI is InChI=1S/C17H25N5O3/c1-4-15-13(11(2)21-25-15)9-18-17(23)19-16-8-14(20-22(16)3)12-6-5-7-24-10-12/h8,12H,4-7,9-10H2,1-3H3,(H2,18,19,23). The summed E-state index contributed by atoms with van der Waals surface area (Å²) in [6, 6.07) is 1.64. The van der Waals surface area contributed by atoms with E-state index in [9.17, 15) is 4.79 Å². The minimum Gasteiger partial charge on any atom is -0.381 e. The zero-order valence-corrected chi connectivity index (χ0v) is 15.0. The zero-order chi connectivity index (χ0) is 17.8. The van der Waals surface area contributed by atoms with Gasteiger partial charge in [0.2, 0.25) is 0 Å². The molecule has 2 aromatic heterocycles. The van der Waals surface area contributed by atoms with Crippen LogP contribution < -0.4 is 10.6 Å². The minimum atomic E-state index is -0.280.